The van der Waals surface area contributed by atoms with E-state index in [1.165, 1.54) is 50.5 Å². The van der Waals surface area contributed by atoms with Gasteiger partial charge in [-0.1, -0.05) is 87.4 Å². The second kappa shape index (κ2) is 9.78. The topological polar surface area (TPSA) is 17.8 Å². The number of hydrogen-bond acceptors (Lipinski definition) is 1. The molecule has 0 aliphatic heterocycles. The lowest BCUT2D eigenvalue weighted by atomic mass is 10.1. The van der Waals surface area contributed by atoms with Gasteiger partial charge in [-0.3, -0.25) is 0 Å². The summed E-state index contributed by atoms with van der Waals surface area (Å²) < 4.78 is 2.39. The third-order valence-electron chi connectivity index (χ3n) is 5.03. The Morgan fingerprint density at radius 1 is 0.846 bits per heavy atom. The predicted octanol–water partition coefficient (Wildman–Crippen LogP) is 7.03. The quantitative estimate of drug-likeness (QED) is 0.351. The van der Waals surface area contributed by atoms with E-state index in [1.54, 1.807) is 0 Å². The van der Waals surface area contributed by atoms with Crippen molar-refractivity contribution in [1.29, 1.82) is 0 Å². The smallest absolute Gasteiger partial charge is 0.114 e. The molecule has 0 saturated carbocycles. The summed E-state index contributed by atoms with van der Waals surface area (Å²) in [7, 11) is 0. The zero-order chi connectivity index (χ0) is 18.2. The highest BCUT2D eigenvalue weighted by Gasteiger charge is 2.12. The average Bonchev–Trinajstić information content (AvgIpc) is 3.00. The van der Waals surface area contributed by atoms with Gasteiger partial charge in [0.1, 0.15) is 5.82 Å². The van der Waals surface area contributed by atoms with Gasteiger partial charge < -0.3 is 4.57 Å². The predicted molar refractivity (Wildman–Crippen MR) is 112 cm³/mol. The van der Waals surface area contributed by atoms with E-state index in [1.807, 2.05) is 18.2 Å². The number of imidazole rings is 1. The van der Waals surface area contributed by atoms with Gasteiger partial charge in [0.25, 0.3) is 0 Å². The van der Waals surface area contributed by atoms with Crippen molar-refractivity contribution >= 4 is 22.6 Å². The Kier molecular flexibility index (Phi) is 7.13. The number of benzene rings is 2. The second-order valence-electron chi connectivity index (χ2n) is 7.06. The van der Waals surface area contributed by atoms with Gasteiger partial charge in [0.15, 0.2) is 0 Å². The molecular formula is C23H29ClN2. The molecule has 26 heavy (non-hydrogen) atoms. The van der Waals surface area contributed by atoms with Crippen LogP contribution < -0.4 is 0 Å². The standard InChI is InChI=1S/C23H29ClN2/c1-2-3-4-5-6-7-12-17-26-22-16-11-10-15-21(22)25-23(26)18-19-13-8-9-14-20(19)24/h8-11,13-16H,2-7,12,17-18H2,1H3. The summed E-state index contributed by atoms with van der Waals surface area (Å²) in [5.74, 6) is 1.12. The Labute approximate surface area is 162 Å². The minimum Gasteiger partial charge on any atom is -0.328 e. The van der Waals surface area contributed by atoms with Crippen molar-refractivity contribution in [1.82, 2.24) is 9.55 Å². The van der Waals surface area contributed by atoms with E-state index in [9.17, 15) is 0 Å². The number of rotatable bonds is 10. The maximum absolute atomic E-state index is 6.38. The summed E-state index contributed by atoms with van der Waals surface area (Å²) >= 11 is 6.38. The van der Waals surface area contributed by atoms with Crippen molar-refractivity contribution in [3.05, 3.63) is 64.9 Å². The summed E-state index contributed by atoms with van der Waals surface area (Å²) in [6.07, 6.45) is 10.1. The molecule has 2 nitrogen and oxygen atoms in total. The van der Waals surface area contributed by atoms with E-state index >= 15 is 0 Å². The number of fused-ring (bicyclic) bond motifs is 1. The van der Waals surface area contributed by atoms with Crippen molar-refractivity contribution in [2.75, 3.05) is 0 Å². The van der Waals surface area contributed by atoms with Crippen LogP contribution in [0.2, 0.25) is 5.02 Å². The van der Waals surface area contributed by atoms with Gasteiger partial charge in [-0.2, -0.15) is 0 Å². The van der Waals surface area contributed by atoms with Gasteiger partial charge in [-0.05, 0) is 30.2 Å². The van der Waals surface area contributed by atoms with Crippen LogP contribution in [0.15, 0.2) is 48.5 Å². The highest BCUT2D eigenvalue weighted by atomic mass is 35.5. The minimum absolute atomic E-state index is 0.783. The monoisotopic (exact) mass is 368 g/mol. The van der Waals surface area contributed by atoms with Gasteiger partial charge >= 0.3 is 0 Å². The first-order valence-corrected chi connectivity index (χ1v) is 10.3. The van der Waals surface area contributed by atoms with Crippen LogP contribution in [-0.4, -0.2) is 9.55 Å². The summed E-state index contributed by atoms with van der Waals surface area (Å²) in [5, 5.41) is 0.821. The third-order valence-corrected chi connectivity index (χ3v) is 5.39. The molecule has 1 aromatic heterocycles. The molecule has 0 saturated heterocycles. The van der Waals surface area contributed by atoms with Crippen LogP contribution in [0.25, 0.3) is 11.0 Å². The number of hydrogen-bond donors (Lipinski definition) is 0. The molecule has 0 radical (unpaired) electrons. The fourth-order valence-electron chi connectivity index (χ4n) is 3.55. The van der Waals surface area contributed by atoms with Gasteiger partial charge in [0, 0.05) is 18.0 Å². The maximum Gasteiger partial charge on any atom is 0.114 e. The first-order chi connectivity index (χ1) is 12.8. The lowest BCUT2D eigenvalue weighted by Gasteiger charge is -2.10. The van der Waals surface area contributed by atoms with Crippen LogP contribution in [0.3, 0.4) is 0 Å². The molecule has 0 atom stereocenters. The fraction of sp³-hybridized carbons (Fsp3) is 0.435. The highest BCUT2D eigenvalue weighted by molar-refractivity contribution is 6.31. The van der Waals surface area contributed by atoms with Gasteiger partial charge in [-0.15, -0.1) is 0 Å². The number of aromatic nitrogens is 2. The first kappa shape index (κ1) is 19.0. The maximum atomic E-state index is 6.38. The van der Waals surface area contributed by atoms with Crippen LogP contribution in [-0.2, 0) is 13.0 Å². The molecule has 2 aromatic carbocycles. The van der Waals surface area contributed by atoms with Gasteiger partial charge in [0.2, 0.25) is 0 Å². The Morgan fingerprint density at radius 2 is 1.54 bits per heavy atom. The molecule has 0 aliphatic carbocycles. The van der Waals surface area contributed by atoms with Crippen LogP contribution in [0.5, 0.6) is 0 Å². The molecule has 3 aromatic rings. The first-order valence-electron chi connectivity index (χ1n) is 9.97. The normalized spacial score (nSPS) is 11.3. The molecule has 0 N–H and O–H groups in total. The zero-order valence-corrected chi connectivity index (χ0v) is 16.5. The molecule has 0 fully saturated rings. The van der Waals surface area contributed by atoms with Crippen molar-refractivity contribution in [3.8, 4) is 0 Å². The van der Waals surface area contributed by atoms with Crippen molar-refractivity contribution in [2.24, 2.45) is 0 Å². The minimum atomic E-state index is 0.783. The molecule has 1 heterocycles. The van der Waals surface area contributed by atoms with E-state index in [2.05, 4.69) is 41.8 Å². The van der Waals surface area contributed by atoms with E-state index in [0.29, 0.717) is 0 Å². The summed E-state index contributed by atoms with van der Waals surface area (Å²) in [6.45, 7) is 3.30. The zero-order valence-electron chi connectivity index (χ0n) is 15.8. The molecule has 3 heteroatoms. The lowest BCUT2D eigenvalue weighted by molar-refractivity contribution is 0.548. The molecular weight excluding hydrogens is 340 g/mol. The summed E-state index contributed by atoms with van der Waals surface area (Å²) in [6, 6.07) is 16.5. The fourth-order valence-corrected chi connectivity index (χ4v) is 3.75. The molecule has 0 unspecified atom stereocenters. The Bertz CT molecular complexity index is 822. The van der Waals surface area contributed by atoms with Crippen molar-refractivity contribution < 1.29 is 0 Å². The van der Waals surface area contributed by atoms with Gasteiger partial charge in [0.05, 0.1) is 11.0 Å². The van der Waals surface area contributed by atoms with Crippen LogP contribution in [0.1, 0.15) is 63.3 Å². The van der Waals surface area contributed by atoms with E-state index in [0.717, 1.165) is 34.9 Å². The van der Waals surface area contributed by atoms with Crippen LogP contribution in [0, 0.1) is 0 Å². The number of unbranched alkanes of at least 4 members (excludes halogenated alkanes) is 6. The number of aryl methyl sites for hydroxylation is 1. The number of nitrogens with zero attached hydrogens (tertiary/aromatic N) is 2. The Hall–Kier alpha value is -1.80. The number of para-hydroxylation sites is 2. The van der Waals surface area contributed by atoms with Gasteiger partial charge in [-0.25, -0.2) is 4.98 Å². The molecule has 0 bridgehead atoms. The lowest BCUT2D eigenvalue weighted by Crippen LogP contribution is -2.05. The third kappa shape index (κ3) is 4.88. The molecule has 0 aliphatic rings. The average molecular weight is 369 g/mol. The van der Waals surface area contributed by atoms with Crippen LogP contribution in [0.4, 0.5) is 0 Å². The van der Waals surface area contributed by atoms with Crippen LogP contribution >= 0.6 is 11.6 Å². The Balaban J connectivity index is 1.70. The van der Waals surface area contributed by atoms with E-state index < -0.39 is 0 Å². The van der Waals surface area contributed by atoms with Crippen molar-refractivity contribution in [2.45, 2.75) is 64.8 Å². The van der Waals surface area contributed by atoms with E-state index in [4.69, 9.17) is 16.6 Å². The molecule has 0 spiro atoms. The largest absolute Gasteiger partial charge is 0.328 e. The highest BCUT2D eigenvalue weighted by Crippen LogP contribution is 2.23. The number of halogens is 1. The molecule has 138 valence electrons. The molecule has 3 rings (SSSR count). The summed E-state index contributed by atoms with van der Waals surface area (Å²) in [4.78, 5) is 4.89. The van der Waals surface area contributed by atoms with Crippen molar-refractivity contribution in [3.63, 3.8) is 0 Å². The SMILES string of the molecule is CCCCCCCCCn1c(Cc2ccccc2Cl)nc2ccccc21. The van der Waals surface area contributed by atoms with E-state index in [-0.39, 0.29) is 0 Å². The summed E-state index contributed by atoms with van der Waals surface area (Å²) in [5.41, 5.74) is 3.46. The molecule has 0 amide bonds. The second-order valence-corrected chi connectivity index (χ2v) is 7.47. The Morgan fingerprint density at radius 3 is 2.35 bits per heavy atom.